The summed E-state index contributed by atoms with van der Waals surface area (Å²) in [6.45, 7) is 1.91. The third-order valence-corrected chi connectivity index (χ3v) is 2.64. The Balaban J connectivity index is 2.23. The van der Waals surface area contributed by atoms with Gasteiger partial charge in [-0.3, -0.25) is 4.98 Å². The topological polar surface area (TPSA) is 48.1 Å². The van der Waals surface area contributed by atoms with Crippen molar-refractivity contribution in [1.82, 2.24) is 4.98 Å². The number of rotatable bonds is 3. The van der Waals surface area contributed by atoms with Crippen LogP contribution >= 0.6 is 11.6 Å². The van der Waals surface area contributed by atoms with E-state index in [1.54, 1.807) is 18.5 Å². The molecule has 1 atom stereocenters. The zero-order valence-electron chi connectivity index (χ0n) is 9.43. The minimum Gasteiger partial charge on any atom is -0.454 e. The summed E-state index contributed by atoms with van der Waals surface area (Å²) in [6, 6.07) is 9.12. The number of ether oxygens (including phenoxy) is 1. The summed E-state index contributed by atoms with van der Waals surface area (Å²) in [5.41, 5.74) is 6.76. The Morgan fingerprint density at radius 3 is 2.76 bits per heavy atom. The molecule has 1 aromatic carbocycles. The lowest BCUT2D eigenvalue weighted by Gasteiger charge is -2.10. The Hall–Kier alpha value is -1.58. The second kappa shape index (κ2) is 5.17. The molecule has 1 aromatic heterocycles. The van der Waals surface area contributed by atoms with Crippen LogP contribution in [0.3, 0.4) is 0 Å². The molecule has 2 rings (SSSR count). The highest BCUT2D eigenvalue weighted by Gasteiger charge is 2.06. The molecule has 0 amide bonds. The van der Waals surface area contributed by atoms with Crippen LogP contribution in [0.1, 0.15) is 18.5 Å². The standard InChI is InChI=1S/C13H13ClN2O/c1-9(15)10-4-5-13(12(14)7-10)17-11-3-2-6-16-8-11/h2-9H,15H2,1H3/t9-/m0/s1. The molecule has 17 heavy (non-hydrogen) atoms. The summed E-state index contributed by atoms with van der Waals surface area (Å²) in [6.07, 6.45) is 3.32. The van der Waals surface area contributed by atoms with Crippen molar-refractivity contribution >= 4 is 11.6 Å². The van der Waals surface area contributed by atoms with E-state index in [1.165, 1.54) is 0 Å². The average molecular weight is 249 g/mol. The number of hydrogen-bond donors (Lipinski definition) is 1. The molecule has 2 N–H and O–H groups in total. The van der Waals surface area contributed by atoms with Crippen molar-refractivity contribution in [3.05, 3.63) is 53.3 Å². The second-order valence-corrected chi connectivity index (χ2v) is 4.18. The maximum absolute atomic E-state index is 6.12. The van der Waals surface area contributed by atoms with Crippen LogP contribution in [0.2, 0.25) is 5.02 Å². The largest absolute Gasteiger partial charge is 0.454 e. The number of pyridine rings is 1. The van der Waals surface area contributed by atoms with Crippen LogP contribution in [0.15, 0.2) is 42.7 Å². The zero-order valence-corrected chi connectivity index (χ0v) is 10.2. The number of hydrogen-bond acceptors (Lipinski definition) is 3. The van der Waals surface area contributed by atoms with Gasteiger partial charge in [0, 0.05) is 12.2 Å². The smallest absolute Gasteiger partial charge is 0.146 e. The van der Waals surface area contributed by atoms with Crippen molar-refractivity contribution < 1.29 is 4.74 Å². The molecule has 0 bridgehead atoms. The third-order valence-electron chi connectivity index (χ3n) is 2.34. The van der Waals surface area contributed by atoms with Gasteiger partial charge < -0.3 is 10.5 Å². The second-order valence-electron chi connectivity index (χ2n) is 3.77. The van der Waals surface area contributed by atoms with E-state index >= 15 is 0 Å². The van der Waals surface area contributed by atoms with Gasteiger partial charge in [0.25, 0.3) is 0 Å². The summed E-state index contributed by atoms with van der Waals surface area (Å²) in [4.78, 5) is 3.97. The van der Waals surface area contributed by atoms with Crippen LogP contribution < -0.4 is 10.5 Å². The van der Waals surface area contributed by atoms with Crippen LogP contribution in [-0.4, -0.2) is 4.98 Å². The van der Waals surface area contributed by atoms with E-state index in [9.17, 15) is 0 Å². The average Bonchev–Trinajstić information content (AvgIpc) is 2.33. The predicted octanol–water partition coefficient (Wildman–Crippen LogP) is 3.55. The first-order valence-corrected chi connectivity index (χ1v) is 5.67. The van der Waals surface area contributed by atoms with Crippen molar-refractivity contribution in [1.29, 1.82) is 0 Å². The zero-order chi connectivity index (χ0) is 12.3. The van der Waals surface area contributed by atoms with Gasteiger partial charge in [-0.15, -0.1) is 0 Å². The lowest BCUT2D eigenvalue weighted by molar-refractivity contribution is 0.480. The van der Waals surface area contributed by atoms with E-state index < -0.39 is 0 Å². The Morgan fingerprint density at radius 2 is 2.18 bits per heavy atom. The lowest BCUT2D eigenvalue weighted by atomic mass is 10.1. The lowest BCUT2D eigenvalue weighted by Crippen LogP contribution is -2.04. The van der Waals surface area contributed by atoms with Crippen LogP contribution in [0.4, 0.5) is 0 Å². The van der Waals surface area contributed by atoms with Crippen LogP contribution in [0.5, 0.6) is 11.5 Å². The highest BCUT2D eigenvalue weighted by atomic mass is 35.5. The van der Waals surface area contributed by atoms with Crippen molar-refractivity contribution in [3.8, 4) is 11.5 Å². The molecule has 0 radical (unpaired) electrons. The maximum atomic E-state index is 6.12. The fourth-order valence-corrected chi connectivity index (χ4v) is 1.65. The van der Waals surface area contributed by atoms with E-state index in [1.807, 2.05) is 31.2 Å². The van der Waals surface area contributed by atoms with Gasteiger partial charge >= 0.3 is 0 Å². The fraction of sp³-hybridized carbons (Fsp3) is 0.154. The first-order chi connectivity index (χ1) is 8.16. The summed E-state index contributed by atoms with van der Waals surface area (Å²) in [5.74, 6) is 1.26. The molecule has 2 aromatic rings. The quantitative estimate of drug-likeness (QED) is 0.904. The Kier molecular flexibility index (Phi) is 3.61. The fourth-order valence-electron chi connectivity index (χ4n) is 1.42. The highest BCUT2D eigenvalue weighted by Crippen LogP contribution is 2.30. The van der Waals surface area contributed by atoms with Gasteiger partial charge in [0.05, 0.1) is 11.2 Å². The van der Waals surface area contributed by atoms with E-state index in [2.05, 4.69) is 4.98 Å². The minimum atomic E-state index is -0.0417. The van der Waals surface area contributed by atoms with E-state index in [0.717, 1.165) is 5.56 Å². The molecule has 0 aliphatic carbocycles. The normalized spacial score (nSPS) is 12.2. The van der Waals surface area contributed by atoms with Crippen LogP contribution in [0.25, 0.3) is 0 Å². The first kappa shape index (κ1) is 11.9. The number of aromatic nitrogens is 1. The van der Waals surface area contributed by atoms with Crippen LogP contribution in [-0.2, 0) is 0 Å². The molecule has 0 saturated heterocycles. The summed E-state index contributed by atoms with van der Waals surface area (Å²) >= 11 is 6.12. The molecule has 0 spiro atoms. The van der Waals surface area contributed by atoms with Crippen molar-refractivity contribution in [2.45, 2.75) is 13.0 Å². The Labute approximate surface area is 105 Å². The number of halogens is 1. The molecule has 4 heteroatoms. The SMILES string of the molecule is C[C@H](N)c1ccc(Oc2cccnc2)c(Cl)c1. The third kappa shape index (κ3) is 2.96. The molecule has 0 unspecified atom stereocenters. The molecule has 88 valence electrons. The predicted molar refractivity (Wildman–Crippen MR) is 68.4 cm³/mol. The van der Waals surface area contributed by atoms with Gasteiger partial charge in [-0.2, -0.15) is 0 Å². The molecule has 0 fully saturated rings. The number of nitrogens with zero attached hydrogens (tertiary/aromatic N) is 1. The van der Waals surface area contributed by atoms with Crippen molar-refractivity contribution in [2.75, 3.05) is 0 Å². The van der Waals surface area contributed by atoms with Gasteiger partial charge in [-0.1, -0.05) is 17.7 Å². The molecular formula is C13H13ClN2O. The van der Waals surface area contributed by atoms with Gasteiger partial charge in [-0.05, 0) is 36.8 Å². The summed E-state index contributed by atoms with van der Waals surface area (Å²) < 4.78 is 5.61. The van der Waals surface area contributed by atoms with Gasteiger partial charge in [-0.25, -0.2) is 0 Å². The highest BCUT2D eigenvalue weighted by molar-refractivity contribution is 6.32. The summed E-state index contributed by atoms with van der Waals surface area (Å²) in [5, 5.41) is 0.545. The molecule has 0 saturated carbocycles. The van der Waals surface area contributed by atoms with Gasteiger partial charge in [0.2, 0.25) is 0 Å². The molecule has 1 heterocycles. The van der Waals surface area contributed by atoms with Crippen LogP contribution in [0, 0.1) is 0 Å². The van der Waals surface area contributed by atoms with Crippen molar-refractivity contribution in [2.24, 2.45) is 5.73 Å². The van der Waals surface area contributed by atoms with Gasteiger partial charge in [0.1, 0.15) is 11.5 Å². The first-order valence-electron chi connectivity index (χ1n) is 5.30. The maximum Gasteiger partial charge on any atom is 0.146 e. The molecule has 0 aliphatic rings. The van der Waals surface area contributed by atoms with Crippen molar-refractivity contribution in [3.63, 3.8) is 0 Å². The monoisotopic (exact) mass is 248 g/mol. The molecule has 0 aliphatic heterocycles. The van der Waals surface area contributed by atoms with E-state index in [-0.39, 0.29) is 6.04 Å². The molecule has 3 nitrogen and oxygen atoms in total. The van der Waals surface area contributed by atoms with Gasteiger partial charge in [0.15, 0.2) is 0 Å². The van der Waals surface area contributed by atoms with E-state index in [4.69, 9.17) is 22.1 Å². The minimum absolute atomic E-state index is 0.0417. The molecular weight excluding hydrogens is 236 g/mol. The Morgan fingerprint density at radius 1 is 1.35 bits per heavy atom. The van der Waals surface area contributed by atoms with E-state index in [0.29, 0.717) is 16.5 Å². The Bertz CT molecular complexity index is 500. The number of nitrogens with two attached hydrogens (primary N) is 1. The summed E-state index contributed by atoms with van der Waals surface area (Å²) in [7, 11) is 0. The number of benzene rings is 1.